The van der Waals surface area contributed by atoms with Crippen LogP contribution in [-0.4, -0.2) is 16.8 Å². The van der Waals surface area contributed by atoms with Gasteiger partial charge < -0.3 is 14.4 Å². The van der Waals surface area contributed by atoms with Crippen LogP contribution in [0.2, 0.25) is 0 Å². The quantitative estimate of drug-likeness (QED) is 0.813. The summed E-state index contributed by atoms with van der Waals surface area (Å²) in [5.74, 6) is 0.840. The van der Waals surface area contributed by atoms with E-state index in [2.05, 4.69) is 0 Å². The van der Waals surface area contributed by atoms with Crippen molar-refractivity contribution in [3.05, 3.63) is 29.5 Å². The van der Waals surface area contributed by atoms with Crippen LogP contribution in [0, 0.1) is 6.92 Å². The average molecular weight is 205 g/mol. The van der Waals surface area contributed by atoms with Crippen LogP contribution in [0.5, 0.6) is 5.75 Å². The van der Waals surface area contributed by atoms with Crippen LogP contribution < -0.4 is 4.74 Å². The lowest BCUT2D eigenvalue weighted by Gasteiger charge is -2.02. The van der Waals surface area contributed by atoms with Crippen molar-refractivity contribution in [3.63, 3.8) is 0 Å². The molecule has 0 aliphatic rings. The summed E-state index contributed by atoms with van der Waals surface area (Å²) in [6.07, 6.45) is 0. The van der Waals surface area contributed by atoms with Gasteiger partial charge >= 0.3 is 0 Å². The van der Waals surface area contributed by atoms with Gasteiger partial charge in [-0.3, -0.25) is 0 Å². The van der Waals surface area contributed by atoms with Gasteiger partial charge in [-0.1, -0.05) is 0 Å². The molecule has 2 rings (SSSR count). The van der Waals surface area contributed by atoms with Gasteiger partial charge in [0.15, 0.2) is 0 Å². The Morgan fingerprint density at radius 3 is 2.73 bits per heavy atom. The molecule has 15 heavy (non-hydrogen) atoms. The number of hydrogen-bond donors (Lipinski definition) is 1. The molecule has 0 atom stereocenters. The third kappa shape index (κ3) is 1.39. The molecule has 0 fully saturated rings. The lowest BCUT2D eigenvalue weighted by atomic mass is 10.1. The van der Waals surface area contributed by atoms with E-state index in [4.69, 9.17) is 4.74 Å². The van der Waals surface area contributed by atoms with Crippen molar-refractivity contribution >= 4 is 10.9 Å². The van der Waals surface area contributed by atoms with Crippen molar-refractivity contribution in [3.8, 4) is 5.75 Å². The number of nitrogens with zero attached hydrogens (tertiary/aromatic N) is 1. The van der Waals surface area contributed by atoms with Gasteiger partial charge in [-0.2, -0.15) is 0 Å². The highest BCUT2D eigenvalue weighted by Gasteiger charge is 2.10. The lowest BCUT2D eigenvalue weighted by Crippen LogP contribution is -1.96. The Morgan fingerprint density at radius 1 is 1.40 bits per heavy atom. The SMILES string of the molecule is COc1ccc2c(C)c(CO)n(C)c2c1. The first-order chi connectivity index (χ1) is 7.19. The molecule has 1 aromatic heterocycles. The smallest absolute Gasteiger partial charge is 0.120 e. The number of benzene rings is 1. The van der Waals surface area contributed by atoms with Crippen LogP contribution in [0.15, 0.2) is 18.2 Å². The number of aromatic nitrogens is 1. The van der Waals surface area contributed by atoms with Crippen LogP contribution >= 0.6 is 0 Å². The number of hydrogen-bond acceptors (Lipinski definition) is 2. The van der Waals surface area contributed by atoms with Crippen LogP contribution in [0.25, 0.3) is 10.9 Å². The second-order valence-electron chi connectivity index (χ2n) is 3.67. The normalized spacial score (nSPS) is 10.9. The van der Waals surface area contributed by atoms with Crippen molar-refractivity contribution in [2.24, 2.45) is 7.05 Å². The fourth-order valence-electron chi connectivity index (χ4n) is 2.01. The van der Waals surface area contributed by atoms with Crippen molar-refractivity contribution in [2.75, 3.05) is 7.11 Å². The minimum atomic E-state index is 0.0688. The maximum Gasteiger partial charge on any atom is 0.120 e. The maximum absolute atomic E-state index is 9.27. The molecule has 0 unspecified atom stereocenters. The number of ether oxygens (including phenoxy) is 1. The second-order valence-corrected chi connectivity index (χ2v) is 3.67. The van der Waals surface area contributed by atoms with Gasteiger partial charge in [0.05, 0.1) is 19.2 Å². The Bertz CT molecular complexity index is 500. The zero-order chi connectivity index (χ0) is 11.0. The minimum absolute atomic E-state index is 0.0688. The topological polar surface area (TPSA) is 34.4 Å². The van der Waals surface area contributed by atoms with E-state index in [-0.39, 0.29) is 6.61 Å². The molecule has 0 bridgehead atoms. The van der Waals surface area contributed by atoms with E-state index < -0.39 is 0 Å². The fourth-order valence-corrected chi connectivity index (χ4v) is 2.01. The third-order valence-electron chi connectivity index (χ3n) is 2.96. The van der Waals surface area contributed by atoms with Crippen LogP contribution in [-0.2, 0) is 13.7 Å². The summed E-state index contributed by atoms with van der Waals surface area (Å²) in [6, 6.07) is 5.96. The molecule has 0 saturated carbocycles. The molecule has 1 aromatic carbocycles. The Labute approximate surface area is 88.9 Å². The first-order valence-electron chi connectivity index (χ1n) is 4.91. The Kier molecular flexibility index (Phi) is 2.40. The molecular formula is C12H15NO2. The first kappa shape index (κ1) is 10.1. The zero-order valence-corrected chi connectivity index (χ0v) is 9.24. The summed E-state index contributed by atoms with van der Waals surface area (Å²) >= 11 is 0. The van der Waals surface area contributed by atoms with E-state index in [9.17, 15) is 5.11 Å². The van der Waals surface area contributed by atoms with E-state index >= 15 is 0 Å². The van der Waals surface area contributed by atoms with Gasteiger partial charge in [0.2, 0.25) is 0 Å². The highest BCUT2D eigenvalue weighted by Crippen LogP contribution is 2.27. The van der Waals surface area contributed by atoms with Gasteiger partial charge in [0, 0.05) is 24.2 Å². The highest BCUT2D eigenvalue weighted by atomic mass is 16.5. The number of methoxy groups -OCH3 is 1. The Hall–Kier alpha value is -1.48. The fraction of sp³-hybridized carbons (Fsp3) is 0.333. The summed E-state index contributed by atoms with van der Waals surface area (Å²) in [5, 5.41) is 10.4. The predicted molar refractivity (Wildman–Crippen MR) is 60.1 cm³/mol. The molecule has 3 heteroatoms. The minimum Gasteiger partial charge on any atom is -0.497 e. The molecule has 0 aliphatic heterocycles. The number of fused-ring (bicyclic) bond motifs is 1. The summed E-state index contributed by atoms with van der Waals surface area (Å²) < 4.78 is 7.19. The van der Waals surface area contributed by atoms with E-state index in [0.29, 0.717) is 0 Å². The average Bonchev–Trinajstić information content (AvgIpc) is 2.51. The number of rotatable bonds is 2. The molecule has 3 nitrogen and oxygen atoms in total. The molecule has 2 aromatic rings. The van der Waals surface area contributed by atoms with E-state index in [0.717, 1.165) is 22.5 Å². The van der Waals surface area contributed by atoms with Gasteiger partial charge in [0.25, 0.3) is 0 Å². The van der Waals surface area contributed by atoms with E-state index in [1.165, 1.54) is 5.39 Å². The highest BCUT2D eigenvalue weighted by molar-refractivity contribution is 5.86. The van der Waals surface area contributed by atoms with Crippen molar-refractivity contribution in [2.45, 2.75) is 13.5 Å². The van der Waals surface area contributed by atoms with Gasteiger partial charge in [0.1, 0.15) is 5.75 Å². The zero-order valence-electron chi connectivity index (χ0n) is 9.24. The van der Waals surface area contributed by atoms with E-state index in [1.807, 2.05) is 36.7 Å². The monoisotopic (exact) mass is 205 g/mol. The molecule has 0 radical (unpaired) electrons. The van der Waals surface area contributed by atoms with Crippen molar-refractivity contribution in [1.29, 1.82) is 0 Å². The Morgan fingerprint density at radius 2 is 2.13 bits per heavy atom. The summed E-state index contributed by atoms with van der Waals surface area (Å²) in [7, 11) is 3.62. The predicted octanol–water partition coefficient (Wildman–Crippen LogP) is 1.99. The van der Waals surface area contributed by atoms with Crippen molar-refractivity contribution < 1.29 is 9.84 Å². The molecule has 1 heterocycles. The molecule has 80 valence electrons. The first-order valence-corrected chi connectivity index (χ1v) is 4.91. The second kappa shape index (κ2) is 3.59. The third-order valence-corrected chi connectivity index (χ3v) is 2.96. The Balaban J connectivity index is 2.77. The number of aliphatic hydroxyl groups is 1. The maximum atomic E-state index is 9.27. The van der Waals surface area contributed by atoms with Crippen molar-refractivity contribution in [1.82, 2.24) is 4.57 Å². The molecule has 0 amide bonds. The van der Waals surface area contributed by atoms with Crippen LogP contribution in [0.3, 0.4) is 0 Å². The molecule has 0 aliphatic carbocycles. The van der Waals surface area contributed by atoms with Gasteiger partial charge in [-0.05, 0) is 24.6 Å². The summed E-state index contributed by atoms with van der Waals surface area (Å²) in [5.41, 5.74) is 3.19. The standard InChI is InChI=1S/C12H15NO2/c1-8-10-5-4-9(15-3)6-11(10)13(2)12(8)7-14/h4-6,14H,7H2,1-3H3. The van der Waals surface area contributed by atoms with Crippen LogP contribution in [0.1, 0.15) is 11.3 Å². The number of aliphatic hydroxyl groups excluding tert-OH is 1. The lowest BCUT2D eigenvalue weighted by molar-refractivity contribution is 0.272. The summed E-state index contributed by atoms with van der Waals surface area (Å²) in [4.78, 5) is 0. The summed E-state index contributed by atoms with van der Waals surface area (Å²) in [6.45, 7) is 2.10. The molecule has 1 N–H and O–H groups in total. The number of aryl methyl sites for hydroxylation is 2. The van der Waals surface area contributed by atoms with Gasteiger partial charge in [-0.15, -0.1) is 0 Å². The van der Waals surface area contributed by atoms with E-state index in [1.54, 1.807) is 7.11 Å². The van der Waals surface area contributed by atoms with Gasteiger partial charge in [-0.25, -0.2) is 0 Å². The van der Waals surface area contributed by atoms with Crippen LogP contribution in [0.4, 0.5) is 0 Å². The molecule has 0 saturated heterocycles. The molecule has 0 spiro atoms. The molecular weight excluding hydrogens is 190 g/mol. The largest absolute Gasteiger partial charge is 0.497 e.